The molecule has 4 rings (SSSR count). The molecule has 4 aromatic rings. The Morgan fingerprint density at radius 1 is 0.964 bits per heavy atom. The highest BCUT2D eigenvalue weighted by atomic mass is 16.5. The van der Waals surface area contributed by atoms with E-state index in [0.717, 1.165) is 33.5 Å². The quantitative estimate of drug-likeness (QED) is 0.508. The molecule has 0 amide bonds. The summed E-state index contributed by atoms with van der Waals surface area (Å²) in [4.78, 5) is 16.5. The first-order valence-corrected chi connectivity index (χ1v) is 9.27. The number of esters is 1. The number of aromatic nitrogens is 3. The van der Waals surface area contributed by atoms with E-state index >= 15 is 0 Å². The van der Waals surface area contributed by atoms with Gasteiger partial charge in [-0.25, -0.2) is 9.78 Å². The average Bonchev–Trinajstić information content (AvgIpc) is 3.13. The van der Waals surface area contributed by atoms with Crippen molar-refractivity contribution in [3.05, 3.63) is 71.3 Å². The van der Waals surface area contributed by atoms with Crippen LogP contribution in [0, 0.1) is 13.8 Å². The largest absolute Gasteiger partial charge is 0.462 e. The van der Waals surface area contributed by atoms with Crippen LogP contribution in [0.3, 0.4) is 0 Å². The molecular formula is C23H21N3O2. The molecule has 0 aliphatic carbocycles. The predicted molar refractivity (Wildman–Crippen MR) is 110 cm³/mol. The first-order chi connectivity index (χ1) is 13.6. The minimum Gasteiger partial charge on any atom is -0.462 e. The van der Waals surface area contributed by atoms with Gasteiger partial charge in [0.25, 0.3) is 0 Å². The maximum absolute atomic E-state index is 11.8. The molecule has 28 heavy (non-hydrogen) atoms. The van der Waals surface area contributed by atoms with Crippen molar-refractivity contribution in [1.82, 2.24) is 15.2 Å². The van der Waals surface area contributed by atoms with Crippen LogP contribution in [0.15, 0.2) is 54.6 Å². The summed E-state index contributed by atoms with van der Waals surface area (Å²) in [5.74, 6) is -0.316. The van der Waals surface area contributed by atoms with Gasteiger partial charge in [0.05, 0.1) is 17.9 Å². The fourth-order valence-corrected chi connectivity index (χ4v) is 3.17. The number of carbonyl (C=O) groups excluding carboxylic acids is 1. The van der Waals surface area contributed by atoms with E-state index in [0.29, 0.717) is 12.2 Å². The van der Waals surface area contributed by atoms with Gasteiger partial charge in [-0.1, -0.05) is 24.3 Å². The maximum atomic E-state index is 11.8. The second-order valence-corrected chi connectivity index (χ2v) is 6.76. The molecule has 0 unspecified atom stereocenters. The summed E-state index contributed by atoms with van der Waals surface area (Å²) in [5.41, 5.74) is 7.48. The Morgan fingerprint density at radius 3 is 2.43 bits per heavy atom. The van der Waals surface area contributed by atoms with E-state index in [1.807, 2.05) is 24.3 Å². The molecule has 0 atom stereocenters. The number of H-pyrrole nitrogens is 1. The molecule has 1 N–H and O–H groups in total. The molecule has 0 saturated carbocycles. The molecule has 0 fully saturated rings. The van der Waals surface area contributed by atoms with Crippen molar-refractivity contribution >= 4 is 17.0 Å². The van der Waals surface area contributed by atoms with Gasteiger partial charge in [-0.3, -0.25) is 5.10 Å². The van der Waals surface area contributed by atoms with E-state index in [1.54, 1.807) is 19.1 Å². The lowest BCUT2D eigenvalue weighted by atomic mass is 10.0. The molecule has 5 nitrogen and oxygen atoms in total. The van der Waals surface area contributed by atoms with E-state index < -0.39 is 0 Å². The number of carbonyl (C=O) groups is 1. The van der Waals surface area contributed by atoms with Crippen LogP contribution in [0.2, 0.25) is 0 Å². The molecule has 2 aromatic carbocycles. The number of benzene rings is 2. The summed E-state index contributed by atoms with van der Waals surface area (Å²) < 4.78 is 5.02. The average molecular weight is 371 g/mol. The van der Waals surface area contributed by atoms with Gasteiger partial charge in [0.2, 0.25) is 0 Å². The molecular weight excluding hydrogens is 350 g/mol. The molecule has 2 aromatic heterocycles. The van der Waals surface area contributed by atoms with Crippen LogP contribution in [-0.2, 0) is 4.74 Å². The fourth-order valence-electron chi connectivity index (χ4n) is 3.17. The second kappa shape index (κ2) is 7.27. The SMILES string of the molecule is CCOC(=O)c1ccc(-c2ccc3c(-c4ccc(C)c(C)c4)n[nH]c3n2)cc1. The number of ether oxygens (including phenoxy) is 1. The van der Waals surface area contributed by atoms with Gasteiger partial charge in [-0.05, 0) is 62.2 Å². The first-order valence-electron chi connectivity index (χ1n) is 9.27. The standard InChI is InChI=1S/C23H21N3O2/c1-4-28-23(27)17-9-7-16(8-10-17)20-12-11-19-21(25-26-22(19)24-20)18-6-5-14(2)15(3)13-18/h5-13H,4H2,1-3H3,(H,24,25,26). The van der Waals surface area contributed by atoms with Gasteiger partial charge >= 0.3 is 5.97 Å². The first kappa shape index (κ1) is 17.9. The number of pyridine rings is 1. The summed E-state index contributed by atoms with van der Waals surface area (Å²) in [7, 11) is 0. The molecule has 0 saturated heterocycles. The van der Waals surface area contributed by atoms with Gasteiger partial charge < -0.3 is 4.74 Å². The fraction of sp³-hybridized carbons (Fsp3) is 0.174. The summed E-state index contributed by atoms with van der Waals surface area (Å²) in [6.45, 7) is 6.36. The van der Waals surface area contributed by atoms with Crippen molar-refractivity contribution < 1.29 is 9.53 Å². The van der Waals surface area contributed by atoms with Crippen LogP contribution >= 0.6 is 0 Å². The zero-order valence-electron chi connectivity index (χ0n) is 16.1. The zero-order valence-corrected chi connectivity index (χ0v) is 16.1. The molecule has 0 bridgehead atoms. The van der Waals surface area contributed by atoms with Crippen LogP contribution < -0.4 is 0 Å². The van der Waals surface area contributed by atoms with Gasteiger partial charge in [-0.15, -0.1) is 0 Å². The van der Waals surface area contributed by atoms with Crippen molar-refractivity contribution in [1.29, 1.82) is 0 Å². The zero-order chi connectivity index (χ0) is 19.7. The topological polar surface area (TPSA) is 67.9 Å². The van der Waals surface area contributed by atoms with Crippen LogP contribution in [0.25, 0.3) is 33.5 Å². The Labute approximate surface area is 163 Å². The predicted octanol–water partition coefficient (Wildman–Crippen LogP) is 5.09. The van der Waals surface area contributed by atoms with Gasteiger partial charge in [-0.2, -0.15) is 5.10 Å². The normalized spacial score (nSPS) is 11.0. The highest BCUT2D eigenvalue weighted by Gasteiger charge is 2.12. The van der Waals surface area contributed by atoms with Gasteiger partial charge in [0.15, 0.2) is 5.65 Å². The Morgan fingerprint density at radius 2 is 1.71 bits per heavy atom. The summed E-state index contributed by atoms with van der Waals surface area (Å²) in [6.07, 6.45) is 0. The molecule has 0 radical (unpaired) electrons. The molecule has 140 valence electrons. The molecule has 0 aliphatic rings. The third-order valence-electron chi connectivity index (χ3n) is 4.90. The molecule has 0 aliphatic heterocycles. The Bertz CT molecular complexity index is 1160. The smallest absolute Gasteiger partial charge is 0.338 e. The maximum Gasteiger partial charge on any atom is 0.338 e. The highest BCUT2D eigenvalue weighted by molar-refractivity contribution is 5.92. The molecule has 0 spiro atoms. The van der Waals surface area contributed by atoms with Crippen LogP contribution in [0.5, 0.6) is 0 Å². The van der Waals surface area contributed by atoms with Crippen LogP contribution in [-0.4, -0.2) is 27.8 Å². The van der Waals surface area contributed by atoms with Crippen molar-refractivity contribution in [2.24, 2.45) is 0 Å². The number of fused-ring (bicyclic) bond motifs is 1. The summed E-state index contributed by atoms with van der Waals surface area (Å²) in [6, 6.07) is 17.6. The van der Waals surface area contributed by atoms with Crippen molar-refractivity contribution in [3.8, 4) is 22.5 Å². The van der Waals surface area contributed by atoms with Crippen LogP contribution in [0.4, 0.5) is 0 Å². The van der Waals surface area contributed by atoms with E-state index in [2.05, 4.69) is 42.2 Å². The summed E-state index contributed by atoms with van der Waals surface area (Å²) >= 11 is 0. The van der Waals surface area contributed by atoms with Crippen molar-refractivity contribution in [2.75, 3.05) is 6.61 Å². The molecule has 5 heteroatoms. The van der Waals surface area contributed by atoms with E-state index in [-0.39, 0.29) is 5.97 Å². The van der Waals surface area contributed by atoms with Gasteiger partial charge in [0.1, 0.15) is 5.69 Å². The minimum absolute atomic E-state index is 0.316. The number of nitrogens with one attached hydrogen (secondary N) is 1. The molecule has 2 heterocycles. The third kappa shape index (κ3) is 3.27. The monoisotopic (exact) mass is 371 g/mol. The number of hydrogen-bond donors (Lipinski definition) is 1. The number of aryl methyl sites for hydroxylation is 2. The van der Waals surface area contributed by atoms with E-state index in [9.17, 15) is 4.79 Å². The Hall–Kier alpha value is -3.47. The number of rotatable bonds is 4. The number of hydrogen-bond acceptors (Lipinski definition) is 4. The lowest BCUT2D eigenvalue weighted by molar-refractivity contribution is 0.0526. The summed E-state index contributed by atoms with van der Waals surface area (Å²) in [5, 5.41) is 8.50. The Balaban J connectivity index is 1.67. The van der Waals surface area contributed by atoms with Crippen molar-refractivity contribution in [2.45, 2.75) is 20.8 Å². The van der Waals surface area contributed by atoms with Crippen molar-refractivity contribution in [3.63, 3.8) is 0 Å². The highest BCUT2D eigenvalue weighted by Crippen LogP contribution is 2.29. The van der Waals surface area contributed by atoms with E-state index in [1.165, 1.54) is 11.1 Å². The Kier molecular flexibility index (Phi) is 4.65. The minimum atomic E-state index is -0.316. The lowest BCUT2D eigenvalue weighted by Crippen LogP contribution is -2.04. The van der Waals surface area contributed by atoms with Gasteiger partial charge in [0, 0.05) is 16.5 Å². The van der Waals surface area contributed by atoms with E-state index in [4.69, 9.17) is 9.72 Å². The van der Waals surface area contributed by atoms with Crippen LogP contribution in [0.1, 0.15) is 28.4 Å². The second-order valence-electron chi connectivity index (χ2n) is 6.76. The number of nitrogens with zero attached hydrogens (tertiary/aromatic N) is 2. The lowest BCUT2D eigenvalue weighted by Gasteiger charge is -2.05. The number of aromatic amines is 1. The third-order valence-corrected chi connectivity index (χ3v) is 4.90.